The standard InChI is InChI=1S/C17H21BrN2O/c1-5-21-15-8-14(9-20-10-15)17(19-4)13-6-11(2)16(18)12(3)7-13/h6-10,17,19H,5H2,1-4H3. The molecule has 1 heterocycles. The molecule has 1 unspecified atom stereocenters. The van der Waals surface area contributed by atoms with Crippen LogP contribution < -0.4 is 10.1 Å². The minimum absolute atomic E-state index is 0.100. The molecule has 4 heteroatoms. The summed E-state index contributed by atoms with van der Waals surface area (Å²) < 4.78 is 6.71. The minimum Gasteiger partial charge on any atom is -0.492 e. The summed E-state index contributed by atoms with van der Waals surface area (Å²) >= 11 is 3.62. The molecule has 0 spiro atoms. The van der Waals surface area contributed by atoms with Crippen molar-refractivity contribution in [1.82, 2.24) is 10.3 Å². The molecule has 0 fully saturated rings. The van der Waals surface area contributed by atoms with Crippen molar-refractivity contribution in [3.8, 4) is 5.75 Å². The maximum atomic E-state index is 5.55. The molecule has 0 saturated heterocycles. The van der Waals surface area contributed by atoms with Crippen molar-refractivity contribution >= 4 is 15.9 Å². The molecule has 1 N–H and O–H groups in total. The maximum absolute atomic E-state index is 5.55. The van der Waals surface area contributed by atoms with E-state index in [1.54, 1.807) is 6.20 Å². The largest absolute Gasteiger partial charge is 0.492 e. The van der Waals surface area contributed by atoms with Gasteiger partial charge in [0.25, 0.3) is 0 Å². The third kappa shape index (κ3) is 3.63. The van der Waals surface area contributed by atoms with Crippen LogP contribution in [0, 0.1) is 13.8 Å². The van der Waals surface area contributed by atoms with Gasteiger partial charge in [0, 0.05) is 10.7 Å². The van der Waals surface area contributed by atoms with E-state index in [-0.39, 0.29) is 6.04 Å². The van der Waals surface area contributed by atoms with Crippen LogP contribution in [0.15, 0.2) is 35.1 Å². The van der Waals surface area contributed by atoms with Gasteiger partial charge in [0.2, 0.25) is 0 Å². The Morgan fingerprint density at radius 1 is 1.14 bits per heavy atom. The van der Waals surface area contributed by atoms with E-state index in [1.807, 2.05) is 26.2 Å². The van der Waals surface area contributed by atoms with Crippen molar-refractivity contribution in [3.63, 3.8) is 0 Å². The topological polar surface area (TPSA) is 34.1 Å². The van der Waals surface area contributed by atoms with E-state index in [1.165, 1.54) is 21.2 Å². The number of halogens is 1. The number of nitrogens with one attached hydrogen (secondary N) is 1. The van der Waals surface area contributed by atoms with Gasteiger partial charge in [-0.2, -0.15) is 0 Å². The first-order valence-electron chi connectivity index (χ1n) is 7.08. The van der Waals surface area contributed by atoms with Crippen LogP contribution in [0.1, 0.15) is 35.2 Å². The second-order valence-electron chi connectivity index (χ2n) is 5.08. The number of aryl methyl sites for hydroxylation is 2. The van der Waals surface area contributed by atoms with Crippen LogP contribution in [0.5, 0.6) is 5.75 Å². The van der Waals surface area contributed by atoms with Gasteiger partial charge < -0.3 is 10.1 Å². The van der Waals surface area contributed by atoms with Crippen molar-refractivity contribution < 1.29 is 4.74 Å². The number of benzene rings is 1. The zero-order valence-corrected chi connectivity index (χ0v) is 14.5. The number of rotatable bonds is 5. The van der Waals surface area contributed by atoms with Crippen LogP contribution in [0.4, 0.5) is 0 Å². The third-order valence-electron chi connectivity index (χ3n) is 3.46. The van der Waals surface area contributed by atoms with E-state index in [2.05, 4.69) is 52.2 Å². The maximum Gasteiger partial charge on any atom is 0.137 e. The van der Waals surface area contributed by atoms with Crippen molar-refractivity contribution in [1.29, 1.82) is 0 Å². The molecule has 112 valence electrons. The summed E-state index contributed by atoms with van der Waals surface area (Å²) in [4.78, 5) is 4.29. The van der Waals surface area contributed by atoms with Gasteiger partial charge in [-0.1, -0.05) is 28.1 Å². The predicted octanol–water partition coefficient (Wildman–Crippen LogP) is 4.17. The van der Waals surface area contributed by atoms with E-state index < -0.39 is 0 Å². The Bertz CT molecular complexity index is 605. The molecule has 21 heavy (non-hydrogen) atoms. The number of hydrogen-bond donors (Lipinski definition) is 1. The summed E-state index contributed by atoms with van der Waals surface area (Å²) in [6, 6.07) is 6.55. The van der Waals surface area contributed by atoms with Gasteiger partial charge in [0.15, 0.2) is 0 Å². The Labute approximate surface area is 134 Å². The van der Waals surface area contributed by atoms with Crippen molar-refractivity contribution in [2.75, 3.05) is 13.7 Å². The molecule has 1 atom stereocenters. The second kappa shape index (κ2) is 7.05. The highest BCUT2D eigenvalue weighted by Crippen LogP contribution is 2.29. The van der Waals surface area contributed by atoms with Gasteiger partial charge in [-0.05, 0) is 56.1 Å². The van der Waals surface area contributed by atoms with Crippen LogP contribution in [0.3, 0.4) is 0 Å². The highest BCUT2D eigenvalue weighted by atomic mass is 79.9. The Kier molecular flexibility index (Phi) is 5.37. The predicted molar refractivity (Wildman–Crippen MR) is 89.9 cm³/mol. The van der Waals surface area contributed by atoms with E-state index in [4.69, 9.17) is 4.74 Å². The molecular weight excluding hydrogens is 328 g/mol. The monoisotopic (exact) mass is 348 g/mol. The lowest BCUT2D eigenvalue weighted by molar-refractivity contribution is 0.338. The molecule has 0 aliphatic rings. The lowest BCUT2D eigenvalue weighted by atomic mass is 9.96. The fraction of sp³-hybridized carbons (Fsp3) is 0.353. The quantitative estimate of drug-likeness (QED) is 0.880. The van der Waals surface area contributed by atoms with Crippen LogP contribution in [-0.2, 0) is 0 Å². The zero-order chi connectivity index (χ0) is 15.4. The summed E-state index contributed by atoms with van der Waals surface area (Å²) in [6.07, 6.45) is 3.63. The molecule has 0 aliphatic carbocycles. The molecule has 1 aromatic carbocycles. The molecule has 0 aliphatic heterocycles. The molecule has 2 aromatic rings. The van der Waals surface area contributed by atoms with Crippen LogP contribution in [0.25, 0.3) is 0 Å². The first-order valence-corrected chi connectivity index (χ1v) is 7.87. The molecule has 1 aromatic heterocycles. The molecule has 0 bridgehead atoms. The lowest BCUT2D eigenvalue weighted by Crippen LogP contribution is -2.18. The van der Waals surface area contributed by atoms with Crippen molar-refractivity contribution in [2.45, 2.75) is 26.8 Å². The third-order valence-corrected chi connectivity index (χ3v) is 4.71. The van der Waals surface area contributed by atoms with Gasteiger partial charge in [-0.15, -0.1) is 0 Å². The van der Waals surface area contributed by atoms with Gasteiger partial charge in [-0.25, -0.2) is 0 Å². The van der Waals surface area contributed by atoms with Gasteiger partial charge in [0.05, 0.1) is 18.8 Å². The molecule has 3 nitrogen and oxygen atoms in total. The number of aromatic nitrogens is 1. The van der Waals surface area contributed by atoms with Crippen molar-refractivity contribution in [3.05, 3.63) is 57.3 Å². The number of hydrogen-bond acceptors (Lipinski definition) is 3. The molecule has 0 amide bonds. The Morgan fingerprint density at radius 2 is 1.81 bits per heavy atom. The van der Waals surface area contributed by atoms with Gasteiger partial charge in [0.1, 0.15) is 5.75 Å². The number of pyridine rings is 1. The zero-order valence-electron chi connectivity index (χ0n) is 12.9. The fourth-order valence-electron chi connectivity index (χ4n) is 2.51. The molecule has 2 rings (SSSR count). The van der Waals surface area contributed by atoms with Crippen LogP contribution in [-0.4, -0.2) is 18.6 Å². The summed E-state index contributed by atoms with van der Waals surface area (Å²) in [5, 5.41) is 3.37. The molecule has 0 radical (unpaired) electrons. The Morgan fingerprint density at radius 3 is 2.38 bits per heavy atom. The highest BCUT2D eigenvalue weighted by Gasteiger charge is 2.15. The summed E-state index contributed by atoms with van der Waals surface area (Å²) in [5.41, 5.74) is 4.80. The van der Waals surface area contributed by atoms with Crippen LogP contribution in [0.2, 0.25) is 0 Å². The first-order chi connectivity index (χ1) is 10.1. The summed E-state index contributed by atoms with van der Waals surface area (Å²) in [6.45, 7) is 6.85. The average molecular weight is 349 g/mol. The first kappa shape index (κ1) is 16.0. The van der Waals surface area contributed by atoms with E-state index in [0.717, 1.165) is 11.3 Å². The van der Waals surface area contributed by atoms with Gasteiger partial charge >= 0.3 is 0 Å². The minimum atomic E-state index is 0.100. The normalized spacial score (nSPS) is 12.2. The average Bonchev–Trinajstić information content (AvgIpc) is 2.46. The second-order valence-corrected chi connectivity index (χ2v) is 5.87. The van der Waals surface area contributed by atoms with Gasteiger partial charge in [-0.3, -0.25) is 4.98 Å². The Balaban J connectivity index is 2.42. The molecular formula is C17H21BrN2O. The summed E-state index contributed by atoms with van der Waals surface area (Å²) in [7, 11) is 1.96. The van der Waals surface area contributed by atoms with E-state index in [0.29, 0.717) is 6.61 Å². The van der Waals surface area contributed by atoms with E-state index in [9.17, 15) is 0 Å². The lowest BCUT2D eigenvalue weighted by Gasteiger charge is -2.19. The number of ether oxygens (including phenoxy) is 1. The SMILES string of the molecule is CCOc1cncc(C(NC)c2cc(C)c(Br)c(C)c2)c1. The number of nitrogens with zero attached hydrogens (tertiary/aromatic N) is 1. The summed E-state index contributed by atoms with van der Waals surface area (Å²) in [5.74, 6) is 0.806. The van der Waals surface area contributed by atoms with E-state index >= 15 is 0 Å². The smallest absolute Gasteiger partial charge is 0.137 e. The molecule has 0 saturated carbocycles. The van der Waals surface area contributed by atoms with Crippen molar-refractivity contribution in [2.24, 2.45) is 0 Å². The van der Waals surface area contributed by atoms with Crippen LogP contribution >= 0.6 is 15.9 Å². The Hall–Kier alpha value is -1.39. The fourth-order valence-corrected chi connectivity index (χ4v) is 2.74. The highest BCUT2D eigenvalue weighted by molar-refractivity contribution is 9.10.